The first-order valence-electron chi connectivity index (χ1n) is 13.4. The van der Waals surface area contributed by atoms with E-state index in [9.17, 15) is 18.3 Å². The molecule has 1 saturated carbocycles. The van der Waals surface area contributed by atoms with Gasteiger partial charge in [0.25, 0.3) is 0 Å². The van der Waals surface area contributed by atoms with Crippen LogP contribution in [0.5, 0.6) is 11.5 Å². The third kappa shape index (κ3) is 4.83. The number of sulfone groups is 1. The number of nitrogens with zero attached hydrogens (tertiary/aromatic N) is 1. The van der Waals surface area contributed by atoms with Crippen LogP contribution < -0.4 is 15.0 Å². The molecular formula is C31H31FN2O5S. The summed E-state index contributed by atoms with van der Waals surface area (Å²) in [7, 11) is -3.94. The first kappa shape index (κ1) is 26.4. The fraction of sp³-hybridized carbons (Fsp3) is 0.323. The second-order valence-corrected chi connectivity index (χ2v) is 13.5. The zero-order chi connectivity index (χ0) is 28.2. The lowest BCUT2D eigenvalue weighted by molar-refractivity contribution is -0.120. The van der Waals surface area contributed by atoms with Gasteiger partial charge in [-0.15, -0.1) is 0 Å². The number of phenols is 1. The van der Waals surface area contributed by atoms with Gasteiger partial charge in [-0.3, -0.25) is 9.69 Å². The Balaban J connectivity index is 1.52. The van der Waals surface area contributed by atoms with E-state index in [0.717, 1.165) is 5.56 Å². The summed E-state index contributed by atoms with van der Waals surface area (Å²) >= 11 is 0. The molecule has 208 valence electrons. The van der Waals surface area contributed by atoms with E-state index in [2.05, 4.69) is 5.32 Å². The Labute approximate surface area is 233 Å². The van der Waals surface area contributed by atoms with Gasteiger partial charge in [-0.1, -0.05) is 50.2 Å². The number of carbonyl (C=O) groups is 1. The number of para-hydroxylation sites is 1. The van der Waals surface area contributed by atoms with Gasteiger partial charge in [0.05, 0.1) is 16.3 Å². The Hall–Kier alpha value is -3.85. The number of nitrogens with one attached hydrogen (secondary N) is 1. The van der Waals surface area contributed by atoms with Gasteiger partial charge in [0.2, 0.25) is 5.91 Å². The molecule has 3 aliphatic rings. The van der Waals surface area contributed by atoms with Crippen LogP contribution in [0.4, 0.5) is 15.8 Å². The monoisotopic (exact) mass is 562 g/mol. The molecule has 3 aromatic carbocycles. The number of aromatic hydroxyl groups is 1. The summed E-state index contributed by atoms with van der Waals surface area (Å²) in [6, 6.07) is 17.3. The van der Waals surface area contributed by atoms with Crippen molar-refractivity contribution in [1.82, 2.24) is 0 Å². The number of rotatable bonds is 5. The molecule has 1 aliphatic carbocycles. The van der Waals surface area contributed by atoms with Gasteiger partial charge in [-0.2, -0.15) is 0 Å². The van der Waals surface area contributed by atoms with Crippen LogP contribution in [-0.4, -0.2) is 25.2 Å². The van der Waals surface area contributed by atoms with Crippen molar-refractivity contribution in [2.24, 2.45) is 11.3 Å². The first-order chi connectivity index (χ1) is 19.0. The standard InChI is InChI=1S/C31H31FN2O5S/c1-31(2)16-24-29(40(37,38)18-31)28(22-14-13-21(15-23(22)32)39-17-19-7-4-3-5-8-19)34(30(36)20-11-12-20)25-9-6-10-26(35)27(25)33-24/h3-10,13-15,20,28,33,35H,11-12,16-18H2,1-2H3. The molecule has 2 heterocycles. The van der Waals surface area contributed by atoms with Gasteiger partial charge in [-0.25, -0.2) is 12.8 Å². The number of amides is 1. The van der Waals surface area contributed by atoms with Crippen molar-refractivity contribution in [3.8, 4) is 11.5 Å². The Morgan fingerprint density at radius 2 is 1.85 bits per heavy atom. The number of allylic oxidation sites excluding steroid dienone is 1. The number of carbonyl (C=O) groups excluding carboxylic acids is 1. The van der Waals surface area contributed by atoms with Crippen LogP contribution in [0.3, 0.4) is 0 Å². The number of anilines is 2. The summed E-state index contributed by atoms with van der Waals surface area (Å²) in [5.41, 5.74) is 1.28. The summed E-state index contributed by atoms with van der Waals surface area (Å²) < 4.78 is 49.8. The number of fused-ring (bicyclic) bond motifs is 1. The lowest BCUT2D eigenvalue weighted by Crippen LogP contribution is -2.42. The molecule has 0 bridgehead atoms. The van der Waals surface area contributed by atoms with Crippen molar-refractivity contribution in [3.05, 3.63) is 94.3 Å². The van der Waals surface area contributed by atoms with E-state index in [4.69, 9.17) is 4.74 Å². The highest BCUT2D eigenvalue weighted by atomic mass is 32.2. The Kier molecular flexibility index (Phi) is 6.37. The summed E-state index contributed by atoms with van der Waals surface area (Å²) in [5.74, 6) is -1.25. The van der Waals surface area contributed by atoms with Crippen LogP contribution in [0.25, 0.3) is 0 Å². The smallest absolute Gasteiger partial charge is 0.231 e. The molecule has 0 spiro atoms. The van der Waals surface area contributed by atoms with Crippen molar-refractivity contribution in [3.63, 3.8) is 0 Å². The highest BCUT2D eigenvalue weighted by Crippen LogP contribution is 2.53. The lowest BCUT2D eigenvalue weighted by atomic mass is 9.88. The highest BCUT2D eigenvalue weighted by molar-refractivity contribution is 7.95. The van der Waals surface area contributed by atoms with Crippen molar-refractivity contribution >= 4 is 27.1 Å². The molecule has 2 aliphatic heterocycles. The quantitative estimate of drug-likeness (QED) is 0.366. The highest BCUT2D eigenvalue weighted by Gasteiger charge is 2.49. The summed E-state index contributed by atoms with van der Waals surface area (Å²) in [5, 5.41) is 14.0. The van der Waals surface area contributed by atoms with Crippen LogP contribution >= 0.6 is 0 Å². The van der Waals surface area contributed by atoms with Crippen LogP contribution in [-0.2, 0) is 21.2 Å². The van der Waals surface area contributed by atoms with E-state index in [0.29, 0.717) is 30.6 Å². The van der Waals surface area contributed by atoms with E-state index in [-0.39, 0.29) is 51.8 Å². The second-order valence-electron chi connectivity index (χ2n) is 11.6. The maximum Gasteiger partial charge on any atom is 0.231 e. The molecule has 1 fully saturated rings. The second kappa shape index (κ2) is 9.66. The van der Waals surface area contributed by atoms with Gasteiger partial charge in [-0.05, 0) is 54.5 Å². The maximum atomic E-state index is 16.1. The third-order valence-corrected chi connectivity index (χ3v) is 9.91. The van der Waals surface area contributed by atoms with E-state index in [1.807, 2.05) is 44.2 Å². The van der Waals surface area contributed by atoms with Crippen LogP contribution in [0, 0.1) is 17.2 Å². The number of halogens is 1. The average Bonchev–Trinajstić information content (AvgIpc) is 3.74. The molecule has 6 rings (SSSR count). The van der Waals surface area contributed by atoms with E-state index in [1.165, 1.54) is 23.1 Å². The zero-order valence-electron chi connectivity index (χ0n) is 22.4. The van der Waals surface area contributed by atoms with Gasteiger partial charge in [0.1, 0.15) is 35.7 Å². The molecule has 9 heteroatoms. The van der Waals surface area contributed by atoms with E-state index < -0.39 is 27.1 Å². The molecule has 1 atom stereocenters. The first-order valence-corrected chi connectivity index (χ1v) is 15.0. The Bertz CT molecular complexity index is 1630. The minimum Gasteiger partial charge on any atom is -0.506 e. The molecule has 2 N–H and O–H groups in total. The minimum absolute atomic E-state index is 0.0340. The zero-order valence-corrected chi connectivity index (χ0v) is 23.2. The van der Waals surface area contributed by atoms with Gasteiger partial charge < -0.3 is 15.2 Å². The number of phenolic OH excluding ortho intramolecular Hbond substituents is 1. The van der Waals surface area contributed by atoms with E-state index >= 15 is 4.39 Å². The maximum absolute atomic E-state index is 16.1. The minimum atomic E-state index is -3.94. The summed E-state index contributed by atoms with van der Waals surface area (Å²) in [6.07, 6.45) is 1.69. The largest absolute Gasteiger partial charge is 0.506 e. The molecular weight excluding hydrogens is 531 g/mol. The third-order valence-electron chi connectivity index (χ3n) is 7.61. The van der Waals surface area contributed by atoms with Crippen molar-refractivity contribution in [1.29, 1.82) is 0 Å². The number of hydrogen-bond acceptors (Lipinski definition) is 6. The summed E-state index contributed by atoms with van der Waals surface area (Å²) in [6.45, 7) is 3.95. The van der Waals surface area contributed by atoms with Crippen molar-refractivity contribution in [2.75, 3.05) is 16.0 Å². The van der Waals surface area contributed by atoms with Crippen LogP contribution in [0.1, 0.15) is 50.3 Å². The molecule has 3 aromatic rings. The molecule has 1 amide bonds. The molecule has 0 radical (unpaired) electrons. The number of benzene rings is 3. The van der Waals surface area contributed by atoms with Crippen molar-refractivity contribution < 1.29 is 27.4 Å². The number of hydrogen-bond donors (Lipinski definition) is 2. The molecule has 1 unspecified atom stereocenters. The topological polar surface area (TPSA) is 95.9 Å². The van der Waals surface area contributed by atoms with Crippen molar-refractivity contribution in [2.45, 2.75) is 45.8 Å². The predicted molar refractivity (Wildman–Crippen MR) is 151 cm³/mol. The average molecular weight is 563 g/mol. The van der Waals surface area contributed by atoms with E-state index in [1.54, 1.807) is 18.2 Å². The fourth-order valence-corrected chi connectivity index (χ4v) is 8.07. The van der Waals surface area contributed by atoms with Gasteiger partial charge in [0.15, 0.2) is 9.84 Å². The molecule has 0 aromatic heterocycles. The molecule has 0 saturated heterocycles. The van der Waals surface area contributed by atoms with Crippen LogP contribution in [0.2, 0.25) is 0 Å². The summed E-state index contributed by atoms with van der Waals surface area (Å²) in [4.78, 5) is 15.2. The Morgan fingerprint density at radius 1 is 1.10 bits per heavy atom. The molecule has 7 nitrogen and oxygen atoms in total. The lowest BCUT2D eigenvalue weighted by Gasteiger charge is -2.37. The normalized spacial score (nSPS) is 21.1. The Morgan fingerprint density at radius 3 is 2.55 bits per heavy atom. The SMILES string of the molecule is CC1(C)CC2=C(C(c3ccc(OCc4ccccc4)cc3F)N(C(=O)C3CC3)c3cccc(O)c3N2)S(=O)(=O)C1. The van der Waals surface area contributed by atoms with Crippen LogP contribution in [0.15, 0.2) is 77.3 Å². The molecule has 40 heavy (non-hydrogen) atoms. The predicted octanol–water partition coefficient (Wildman–Crippen LogP) is 6.08. The van der Waals surface area contributed by atoms with Gasteiger partial charge in [0, 0.05) is 23.2 Å². The fourth-order valence-electron chi connectivity index (χ4n) is 5.72. The van der Waals surface area contributed by atoms with Gasteiger partial charge >= 0.3 is 0 Å². The number of ether oxygens (including phenoxy) is 1.